The minimum atomic E-state index is 0.535. The minimum Gasteiger partial charge on any atom is -0.376 e. The number of anilines is 1. The molecule has 0 spiro atoms. The molecular weight excluding hydrogens is 306 g/mol. The molecule has 5 heteroatoms. The van der Waals surface area contributed by atoms with Gasteiger partial charge in [-0.05, 0) is 43.9 Å². The molecule has 19 heavy (non-hydrogen) atoms. The third kappa shape index (κ3) is 2.81. The predicted octanol–water partition coefficient (Wildman–Crippen LogP) is 3.94. The van der Waals surface area contributed by atoms with Crippen molar-refractivity contribution in [3.63, 3.8) is 0 Å². The van der Waals surface area contributed by atoms with Crippen molar-refractivity contribution in [1.29, 1.82) is 0 Å². The Balaban J connectivity index is 1.69. The molecule has 0 aliphatic heterocycles. The van der Waals surface area contributed by atoms with Crippen LogP contribution < -0.4 is 5.32 Å². The molecule has 0 bridgehead atoms. The van der Waals surface area contributed by atoms with Crippen molar-refractivity contribution >= 4 is 21.6 Å². The van der Waals surface area contributed by atoms with Crippen molar-refractivity contribution in [3.05, 3.63) is 39.4 Å². The summed E-state index contributed by atoms with van der Waals surface area (Å²) >= 11 is 3.55. The van der Waals surface area contributed by atoms with Crippen molar-refractivity contribution < 1.29 is 4.52 Å². The van der Waals surface area contributed by atoms with Crippen LogP contribution >= 0.6 is 15.9 Å². The highest BCUT2D eigenvalue weighted by Gasteiger charge is 2.28. The maximum Gasteiger partial charge on any atom is 0.245 e. The Morgan fingerprint density at radius 3 is 2.84 bits per heavy atom. The Bertz CT molecular complexity index is 605. The van der Waals surface area contributed by atoms with Crippen molar-refractivity contribution in [3.8, 4) is 0 Å². The molecule has 0 atom stereocenters. The standard InChI is InChI=1S/C14H16BrN3O/c1-8-5-9(2)12(6-11(8)15)16-7-13-17-14(18-19-13)10-3-4-10/h5-6,10,16H,3-4,7H2,1-2H3. The van der Waals surface area contributed by atoms with E-state index in [1.165, 1.54) is 24.0 Å². The molecular formula is C14H16BrN3O. The van der Waals surface area contributed by atoms with Gasteiger partial charge in [-0.3, -0.25) is 0 Å². The molecule has 1 heterocycles. The van der Waals surface area contributed by atoms with Crippen LogP contribution in [0.5, 0.6) is 0 Å². The average molecular weight is 322 g/mol. The van der Waals surface area contributed by atoms with Gasteiger partial charge in [0.25, 0.3) is 0 Å². The molecule has 3 rings (SSSR count). The van der Waals surface area contributed by atoms with Crippen LogP contribution in [0, 0.1) is 13.8 Å². The molecule has 1 aliphatic rings. The number of hydrogen-bond acceptors (Lipinski definition) is 4. The summed E-state index contributed by atoms with van der Waals surface area (Å²) in [6, 6.07) is 4.23. The van der Waals surface area contributed by atoms with E-state index in [1.54, 1.807) is 0 Å². The third-order valence-electron chi connectivity index (χ3n) is 3.36. The number of nitrogens with one attached hydrogen (secondary N) is 1. The van der Waals surface area contributed by atoms with Crippen molar-refractivity contribution in [2.24, 2.45) is 0 Å². The predicted molar refractivity (Wildman–Crippen MR) is 77.2 cm³/mol. The monoisotopic (exact) mass is 321 g/mol. The zero-order chi connectivity index (χ0) is 13.4. The topological polar surface area (TPSA) is 51.0 Å². The third-order valence-corrected chi connectivity index (χ3v) is 4.22. The molecule has 0 amide bonds. The maximum absolute atomic E-state index is 5.25. The van der Waals surface area contributed by atoms with E-state index in [4.69, 9.17) is 4.52 Å². The van der Waals surface area contributed by atoms with Crippen molar-refractivity contribution in [1.82, 2.24) is 10.1 Å². The van der Waals surface area contributed by atoms with Crippen molar-refractivity contribution in [2.45, 2.75) is 39.2 Å². The van der Waals surface area contributed by atoms with E-state index in [0.29, 0.717) is 18.4 Å². The SMILES string of the molecule is Cc1cc(C)c(NCc2nc(C3CC3)no2)cc1Br. The molecule has 1 aromatic heterocycles. The molecule has 0 saturated heterocycles. The molecule has 1 N–H and O–H groups in total. The zero-order valence-corrected chi connectivity index (χ0v) is 12.6. The Hall–Kier alpha value is -1.36. The van der Waals surface area contributed by atoms with Crippen molar-refractivity contribution in [2.75, 3.05) is 5.32 Å². The number of nitrogens with zero attached hydrogens (tertiary/aromatic N) is 2. The number of benzene rings is 1. The van der Waals surface area contributed by atoms with Crippen LogP contribution in [0.25, 0.3) is 0 Å². The molecule has 1 fully saturated rings. The lowest BCUT2D eigenvalue weighted by Gasteiger charge is -2.09. The Labute approximate surface area is 120 Å². The maximum atomic E-state index is 5.25. The van der Waals surface area contributed by atoms with Gasteiger partial charge in [0.15, 0.2) is 5.82 Å². The number of rotatable bonds is 4. The lowest BCUT2D eigenvalue weighted by molar-refractivity contribution is 0.378. The van der Waals surface area contributed by atoms with Crippen LogP contribution in [0.2, 0.25) is 0 Å². The van der Waals surface area contributed by atoms with E-state index in [-0.39, 0.29) is 0 Å². The van der Waals surface area contributed by atoms with E-state index in [9.17, 15) is 0 Å². The zero-order valence-electron chi connectivity index (χ0n) is 11.0. The van der Waals surface area contributed by atoms with Gasteiger partial charge in [-0.25, -0.2) is 0 Å². The van der Waals surface area contributed by atoms with Gasteiger partial charge in [0.2, 0.25) is 5.89 Å². The first-order chi connectivity index (χ1) is 9.13. The van der Waals surface area contributed by atoms with Gasteiger partial charge in [-0.2, -0.15) is 4.98 Å². The summed E-state index contributed by atoms with van der Waals surface area (Å²) in [6.07, 6.45) is 2.38. The van der Waals surface area contributed by atoms with E-state index >= 15 is 0 Å². The normalized spacial score (nSPS) is 14.7. The Morgan fingerprint density at radius 2 is 2.11 bits per heavy atom. The summed E-state index contributed by atoms with van der Waals surface area (Å²) in [6.45, 7) is 4.74. The number of halogens is 1. The van der Waals surface area contributed by atoms with Gasteiger partial charge in [-0.1, -0.05) is 27.2 Å². The van der Waals surface area contributed by atoms with Gasteiger partial charge in [0.1, 0.15) is 0 Å². The first-order valence-electron chi connectivity index (χ1n) is 6.46. The highest BCUT2D eigenvalue weighted by molar-refractivity contribution is 9.10. The highest BCUT2D eigenvalue weighted by Crippen LogP contribution is 2.38. The van der Waals surface area contributed by atoms with Crippen LogP contribution in [0.3, 0.4) is 0 Å². The molecule has 1 aromatic carbocycles. The molecule has 0 unspecified atom stereocenters. The fraction of sp³-hybridized carbons (Fsp3) is 0.429. The molecule has 4 nitrogen and oxygen atoms in total. The molecule has 100 valence electrons. The first-order valence-corrected chi connectivity index (χ1v) is 7.26. The second kappa shape index (κ2) is 4.96. The number of hydrogen-bond donors (Lipinski definition) is 1. The Kier molecular flexibility index (Phi) is 3.31. The van der Waals surface area contributed by atoms with Gasteiger partial charge in [-0.15, -0.1) is 0 Å². The summed E-state index contributed by atoms with van der Waals surface area (Å²) in [5.74, 6) is 2.05. The lowest BCUT2D eigenvalue weighted by Crippen LogP contribution is -2.02. The smallest absolute Gasteiger partial charge is 0.245 e. The fourth-order valence-corrected chi connectivity index (χ4v) is 2.38. The second-order valence-corrected chi connectivity index (χ2v) is 5.94. The van der Waals surface area contributed by atoms with Gasteiger partial charge in [0.05, 0.1) is 6.54 Å². The van der Waals surface area contributed by atoms with E-state index in [2.05, 4.69) is 57.4 Å². The summed E-state index contributed by atoms with van der Waals surface area (Å²) in [7, 11) is 0. The van der Waals surface area contributed by atoms with Crippen LogP contribution in [-0.4, -0.2) is 10.1 Å². The lowest BCUT2D eigenvalue weighted by atomic mass is 10.1. The minimum absolute atomic E-state index is 0.535. The quantitative estimate of drug-likeness (QED) is 0.926. The highest BCUT2D eigenvalue weighted by atomic mass is 79.9. The summed E-state index contributed by atoms with van der Waals surface area (Å²) in [5, 5.41) is 7.35. The van der Waals surface area contributed by atoms with Gasteiger partial charge in [0, 0.05) is 16.1 Å². The van der Waals surface area contributed by atoms with Crippen LogP contribution in [-0.2, 0) is 6.54 Å². The molecule has 1 aliphatic carbocycles. The summed E-state index contributed by atoms with van der Waals surface area (Å²) < 4.78 is 6.35. The van der Waals surface area contributed by atoms with E-state index < -0.39 is 0 Å². The van der Waals surface area contributed by atoms with E-state index in [1.807, 2.05) is 0 Å². The Morgan fingerprint density at radius 1 is 1.32 bits per heavy atom. The van der Waals surface area contributed by atoms with Crippen LogP contribution in [0.15, 0.2) is 21.1 Å². The van der Waals surface area contributed by atoms with Crippen LogP contribution in [0.4, 0.5) is 5.69 Å². The molecule has 1 saturated carbocycles. The van der Waals surface area contributed by atoms with Gasteiger partial charge >= 0.3 is 0 Å². The second-order valence-electron chi connectivity index (χ2n) is 5.09. The summed E-state index contributed by atoms with van der Waals surface area (Å²) in [4.78, 5) is 4.40. The molecule has 0 radical (unpaired) electrons. The largest absolute Gasteiger partial charge is 0.376 e. The first kappa shape index (κ1) is 12.7. The number of aryl methyl sites for hydroxylation is 2. The fourth-order valence-electron chi connectivity index (χ4n) is 2.03. The molecule has 2 aromatic rings. The summed E-state index contributed by atoms with van der Waals surface area (Å²) in [5.41, 5.74) is 3.53. The average Bonchev–Trinajstić information content (AvgIpc) is 3.12. The van der Waals surface area contributed by atoms with E-state index in [0.717, 1.165) is 16.0 Å². The number of aromatic nitrogens is 2. The van der Waals surface area contributed by atoms with Crippen LogP contribution in [0.1, 0.15) is 41.6 Å². The van der Waals surface area contributed by atoms with Gasteiger partial charge < -0.3 is 9.84 Å².